The highest BCUT2D eigenvalue weighted by molar-refractivity contribution is 7.86. The van der Waals surface area contributed by atoms with E-state index in [1.807, 2.05) is 0 Å². The molecule has 0 aliphatic heterocycles. The fourth-order valence-electron chi connectivity index (χ4n) is 0.850. The fourth-order valence-corrected chi connectivity index (χ4v) is 0.850. The molecule has 0 aromatic carbocycles. The standard InChI is InChI=1S/C8H12N.CHF3O3S/c1-3-9-6-4-5-8(2)7-9;2-1(3,4)8(5,6)7/h4-7H,3H2,1-2H3;(H,5,6,7)/q+1;/p-1. The van der Waals surface area contributed by atoms with Crippen molar-refractivity contribution in [3.05, 3.63) is 30.1 Å². The number of hydrogen-bond acceptors (Lipinski definition) is 3. The molecule has 0 fully saturated rings. The Kier molecular flexibility index (Phi) is 5.56. The van der Waals surface area contributed by atoms with Crippen molar-refractivity contribution in [2.75, 3.05) is 0 Å². The summed E-state index contributed by atoms with van der Waals surface area (Å²) >= 11 is 0. The summed E-state index contributed by atoms with van der Waals surface area (Å²) in [6.45, 7) is 5.30. The first-order chi connectivity index (χ1) is 7.58. The molecule has 17 heavy (non-hydrogen) atoms. The van der Waals surface area contributed by atoms with Gasteiger partial charge in [-0.15, -0.1) is 0 Å². The average Bonchev–Trinajstić information content (AvgIpc) is 2.15. The highest BCUT2D eigenvalue weighted by atomic mass is 32.2. The number of aromatic nitrogens is 1. The SMILES string of the molecule is CC[n+]1cccc(C)c1.O=S(=O)([O-])C(F)(F)F. The van der Waals surface area contributed by atoms with Crippen LogP contribution in [0, 0.1) is 6.92 Å². The van der Waals surface area contributed by atoms with Crippen molar-refractivity contribution in [1.82, 2.24) is 0 Å². The minimum Gasteiger partial charge on any atom is -0.741 e. The van der Waals surface area contributed by atoms with Gasteiger partial charge >= 0.3 is 5.51 Å². The zero-order chi connectivity index (χ0) is 13.7. The van der Waals surface area contributed by atoms with Crippen LogP contribution >= 0.6 is 0 Å². The normalized spacial score (nSPS) is 11.6. The van der Waals surface area contributed by atoms with Crippen LogP contribution < -0.4 is 4.57 Å². The molecule has 0 amide bonds. The number of nitrogens with zero attached hydrogens (tertiary/aromatic N) is 1. The van der Waals surface area contributed by atoms with Crippen molar-refractivity contribution < 1.29 is 30.7 Å². The molecule has 0 saturated carbocycles. The molecule has 98 valence electrons. The predicted molar refractivity (Wildman–Crippen MR) is 52.8 cm³/mol. The molecule has 1 rings (SSSR count). The van der Waals surface area contributed by atoms with Gasteiger partial charge in [-0.1, -0.05) is 0 Å². The van der Waals surface area contributed by atoms with Crippen LogP contribution in [0.25, 0.3) is 0 Å². The zero-order valence-corrected chi connectivity index (χ0v) is 10.0. The summed E-state index contributed by atoms with van der Waals surface area (Å²) in [5, 5.41) is 0. The highest BCUT2D eigenvalue weighted by Gasteiger charge is 2.36. The maximum Gasteiger partial charge on any atom is 0.485 e. The number of aryl methyl sites for hydroxylation is 2. The fraction of sp³-hybridized carbons (Fsp3) is 0.444. The minimum absolute atomic E-state index is 1.06. The van der Waals surface area contributed by atoms with E-state index in [9.17, 15) is 13.2 Å². The smallest absolute Gasteiger partial charge is 0.485 e. The van der Waals surface area contributed by atoms with E-state index < -0.39 is 15.6 Å². The lowest BCUT2D eigenvalue weighted by molar-refractivity contribution is -0.693. The van der Waals surface area contributed by atoms with Crippen LogP contribution in [0.4, 0.5) is 13.2 Å². The van der Waals surface area contributed by atoms with E-state index in [0.717, 1.165) is 6.54 Å². The minimum atomic E-state index is -6.09. The molecule has 1 aromatic heterocycles. The predicted octanol–water partition coefficient (Wildman–Crippen LogP) is 1.35. The number of halogens is 3. The Morgan fingerprint density at radius 1 is 1.41 bits per heavy atom. The Labute approximate surface area is 97.5 Å². The number of alkyl halides is 3. The highest BCUT2D eigenvalue weighted by Crippen LogP contribution is 2.20. The van der Waals surface area contributed by atoms with E-state index in [1.165, 1.54) is 5.56 Å². The third kappa shape index (κ3) is 6.22. The molecule has 0 atom stereocenters. The van der Waals surface area contributed by atoms with Crippen LogP contribution in [0.1, 0.15) is 12.5 Å². The van der Waals surface area contributed by atoms with Gasteiger partial charge in [-0.3, -0.25) is 0 Å². The van der Waals surface area contributed by atoms with Crippen LogP contribution in [-0.2, 0) is 16.7 Å². The van der Waals surface area contributed by atoms with Crippen LogP contribution in [0.2, 0.25) is 0 Å². The van der Waals surface area contributed by atoms with Crippen molar-refractivity contribution >= 4 is 10.1 Å². The molecule has 1 heterocycles. The van der Waals surface area contributed by atoms with Crippen molar-refractivity contribution in [2.45, 2.75) is 25.9 Å². The van der Waals surface area contributed by atoms with Crippen LogP contribution in [-0.4, -0.2) is 18.5 Å². The van der Waals surface area contributed by atoms with E-state index in [1.54, 1.807) is 0 Å². The Hall–Kier alpha value is -1.15. The Bertz CT molecular complexity index is 457. The molecule has 0 bridgehead atoms. The van der Waals surface area contributed by atoms with Crippen molar-refractivity contribution in [3.8, 4) is 0 Å². The first kappa shape index (κ1) is 15.9. The average molecular weight is 271 g/mol. The van der Waals surface area contributed by atoms with E-state index in [4.69, 9.17) is 13.0 Å². The van der Waals surface area contributed by atoms with Gasteiger partial charge in [0.25, 0.3) is 0 Å². The molecule has 8 heteroatoms. The van der Waals surface area contributed by atoms with Gasteiger partial charge < -0.3 is 4.55 Å². The lowest BCUT2D eigenvalue weighted by atomic mass is 10.3. The molecule has 0 N–H and O–H groups in total. The van der Waals surface area contributed by atoms with Crippen molar-refractivity contribution in [3.63, 3.8) is 0 Å². The molecular weight excluding hydrogens is 259 g/mol. The topological polar surface area (TPSA) is 61.1 Å². The molecule has 0 saturated heterocycles. The molecule has 0 aliphatic rings. The second-order valence-corrected chi connectivity index (χ2v) is 4.48. The van der Waals surface area contributed by atoms with Crippen molar-refractivity contribution in [1.29, 1.82) is 0 Å². The first-order valence-electron chi connectivity index (χ1n) is 4.55. The van der Waals surface area contributed by atoms with E-state index in [0.29, 0.717) is 0 Å². The molecule has 1 aromatic rings. The Morgan fingerprint density at radius 3 is 2.12 bits per heavy atom. The molecule has 0 aliphatic carbocycles. The second kappa shape index (κ2) is 5.97. The summed E-state index contributed by atoms with van der Waals surface area (Å²) in [7, 11) is -6.09. The van der Waals surface area contributed by atoms with Crippen LogP contribution in [0.5, 0.6) is 0 Å². The lowest BCUT2D eigenvalue weighted by Gasteiger charge is -2.08. The Balaban J connectivity index is 0.000000304. The van der Waals surface area contributed by atoms with Gasteiger partial charge in [0.1, 0.15) is 6.54 Å². The zero-order valence-electron chi connectivity index (χ0n) is 9.23. The number of pyridine rings is 1. The van der Waals surface area contributed by atoms with Gasteiger partial charge in [0.2, 0.25) is 0 Å². The third-order valence-electron chi connectivity index (χ3n) is 1.65. The second-order valence-electron chi connectivity index (χ2n) is 3.11. The maximum atomic E-state index is 10.7. The van der Waals surface area contributed by atoms with Gasteiger partial charge in [0, 0.05) is 11.6 Å². The monoisotopic (exact) mass is 271 g/mol. The van der Waals surface area contributed by atoms with E-state index in [-0.39, 0.29) is 0 Å². The van der Waals surface area contributed by atoms with Crippen LogP contribution in [0.3, 0.4) is 0 Å². The number of hydrogen-bond donors (Lipinski definition) is 0. The quantitative estimate of drug-likeness (QED) is 0.440. The summed E-state index contributed by atoms with van der Waals surface area (Å²) in [5.41, 5.74) is -4.33. The molecule has 0 unspecified atom stereocenters. The van der Waals surface area contributed by atoms with Gasteiger partial charge in [0.05, 0.1) is 0 Å². The van der Waals surface area contributed by atoms with Gasteiger partial charge in [0.15, 0.2) is 22.5 Å². The lowest BCUT2D eigenvalue weighted by Crippen LogP contribution is -2.30. The molecular formula is C9H12F3NO3S. The summed E-state index contributed by atoms with van der Waals surface area (Å²) in [6, 6.07) is 4.17. The summed E-state index contributed by atoms with van der Waals surface area (Å²) < 4.78 is 61.1. The molecule has 0 spiro atoms. The number of rotatable bonds is 1. The van der Waals surface area contributed by atoms with Gasteiger partial charge in [-0.05, 0) is 19.9 Å². The van der Waals surface area contributed by atoms with Crippen molar-refractivity contribution in [2.24, 2.45) is 0 Å². The Morgan fingerprint density at radius 2 is 1.88 bits per heavy atom. The third-order valence-corrected chi connectivity index (χ3v) is 2.22. The largest absolute Gasteiger partial charge is 0.741 e. The molecule has 4 nitrogen and oxygen atoms in total. The van der Waals surface area contributed by atoms with E-state index in [2.05, 4.69) is 42.9 Å². The van der Waals surface area contributed by atoms with Crippen LogP contribution in [0.15, 0.2) is 24.5 Å². The summed E-state index contributed by atoms with van der Waals surface area (Å²) in [6.07, 6.45) is 4.22. The maximum absolute atomic E-state index is 10.7. The summed E-state index contributed by atoms with van der Waals surface area (Å²) in [5.74, 6) is 0. The van der Waals surface area contributed by atoms with Gasteiger partial charge in [-0.25, -0.2) is 13.0 Å². The van der Waals surface area contributed by atoms with E-state index >= 15 is 0 Å². The van der Waals surface area contributed by atoms with Gasteiger partial charge in [-0.2, -0.15) is 13.2 Å². The summed E-state index contributed by atoms with van der Waals surface area (Å²) in [4.78, 5) is 0. The first-order valence-corrected chi connectivity index (χ1v) is 5.96. The molecule has 0 radical (unpaired) electrons.